The summed E-state index contributed by atoms with van der Waals surface area (Å²) in [6, 6.07) is 7.96. The van der Waals surface area contributed by atoms with Crippen LogP contribution in [0.25, 0.3) is 0 Å². The SMILES string of the molecule is Cc1cc(C)c(NC(=O)CNC(=O)COC(=O)c2cc([N+](=O)[O-])ccc2N2CCCCC2)c(C)c1. The van der Waals surface area contributed by atoms with E-state index in [2.05, 4.69) is 10.6 Å². The van der Waals surface area contributed by atoms with Crippen molar-refractivity contribution >= 4 is 34.8 Å². The van der Waals surface area contributed by atoms with E-state index in [4.69, 9.17) is 4.74 Å². The van der Waals surface area contributed by atoms with Gasteiger partial charge in [0.1, 0.15) is 0 Å². The molecule has 2 aromatic carbocycles. The monoisotopic (exact) mass is 482 g/mol. The van der Waals surface area contributed by atoms with Gasteiger partial charge in [-0.3, -0.25) is 19.7 Å². The Kier molecular flexibility index (Phi) is 8.40. The van der Waals surface area contributed by atoms with E-state index >= 15 is 0 Å². The smallest absolute Gasteiger partial charge is 0.341 e. The first-order valence-electron chi connectivity index (χ1n) is 11.5. The molecule has 10 nitrogen and oxygen atoms in total. The summed E-state index contributed by atoms with van der Waals surface area (Å²) in [5, 5.41) is 16.4. The molecule has 1 aliphatic rings. The molecule has 2 N–H and O–H groups in total. The standard InChI is InChI=1S/C25H30N4O6/c1-16-11-17(2)24(18(3)12-16)27-22(30)14-26-23(31)15-35-25(32)20-13-19(29(33)34)7-8-21(20)28-9-5-4-6-10-28/h7-8,11-13H,4-6,9-10,14-15H2,1-3H3,(H,26,31)(H,27,30). The second-order valence-corrected chi connectivity index (χ2v) is 8.68. The summed E-state index contributed by atoms with van der Waals surface area (Å²) in [5.41, 5.74) is 3.95. The third kappa shape index (κ3) is 6.78. The number of carbonyl (C=O) groups is 3. The van der Waals surface area contributed by atoms with Gasteiger partial charge in [0, 0.05) is 30.9 Å². The predicted octanol–water partition coefficient (Wildman–Crippen LogP) is 3.42. The zero-order valence-electron chi connectivity index (χ0n) is 20.2. The van der Waals surface area contributed by atoms with E-state index in [9.17, 15) is 24.5 Å². The zero-order valence-corrected chi connectivity index (χ0v) is 20.2. The number of rotatable bonds is 8. The first kappa shape index (κ1) is 25.7. The number of carbonyl (C=O) groups excluding carboxylic acids is 3. The number of ether oxygens (including phenoxy) is 1. The number of nitrogens with one attached hydrogen (secondary N) is 2. The minimum atomic E-state index is -0.834. The molecule has 3 rings (SSSR count). The number of esters is 1. The van der Waals surface area contributed by atoms with Crippen molar-refractivity contribution < 1.29 is 24.0 Å². The topological polar surface area (TPSA) is 131 Å². The summed E-state index contributed by atoms with van der Waals surface area (Å²) >= 11 is 0. The van der Waals surface area contributed by atoms with Crippen LogP contribution in [0.3, 0.4) is 0 Å². The number of hydrogen-bond donors (Lipinski definition) is 2. The van der Waals surface area contributed by atoms with Crippen LogP contribution in [0.1, 0.15) is 46.3 Å². The molecule has 35 heavy (non-hydrogen) atoms. The van der Waals surface area contributed by atoms with Crippen LogP contribution in [-0.2, 0) is 14.3 Å². The summed E-state index contributed by atoms with van der Waals surface area (Å²) in [4.78, 5) is 49.8. The molecular formula is C25H30N4O6. The van der Waals surface area contributed by atoms with E-state index in [1.807, 2.05) is 37.8 Å². The van der Waals surface area contributed by atoms with Gasteiger partial charge in [0.15, 0.2) is 6.61 Å². The van der Waals surface area contributed by atoms with E-state index in [-0.39, 0.29) is 17.8 Å². The van der Waals surface area contributed by atoms with Gasteiger partial charge >= 0.3 is 5.97 Å². The first-order chi connectivity index (χ1) is 16.7. The highest BCUT2D eigenvalue weighted by molar-refractivity contribution is 5.99. The Bertz CT molecular complexity index is 1120. The number of amides is 2. The zero-order chi connectivity index (χ0) is 25.5. The van der Waals surface area contributed by atoms with Gasteiger partial charge in [0.2, 0.25) is 5.91 Å². The Hall–Kier alpha value is -3.95. The van der Waals surface area contributed by atoms with Gasteiger partial charge in [-0.15, -0.1) is 0 Å². The molecule has 1 aliphatic heterocycles. The maximum Gasteiger partial charge on any atom is 0.341 e. The second-order valence-electron chi connectivity index (χ2n) is 8.68. The van der Waals surface area contributed by atoms with Crippen molar-refractivity contribution in [3.63, 3.8) is 0 Å². The van der Waals surface area contributed by atoms with Crippen LogP contribution < -0.4 is 15.5 Å². The highest BCUT2D eigenvalue weighted by Gasteiger charge is 2.23. The Balaban J connectivity index is 1.58. The maximum absolute atomic E-state index is 12.7. The summed E-state index contributed by atoms with van der Waals surface area (Å²) in [6.45, 7) is 6.30. The lowest BCUT2D eigenvalue weighted by Gasteiger charge is -2.30. The predicted molar refractivity (Wildman–Crippen MR) is 132 cm³/mol. The lowest BCUT2D eigenvalue weighted by atomic mass is 10.1. The van der Waals surface area contributed by atoms with Crippen LogP contribution in [0.5, 0.6) is 0 Å². The van der Waals surface area contributed by atoms with Gasteiger partial charge in [0.05, 0.1) is 22.7 Å². The molecule has 0 atom stereocenters. The molecule has 0 aromatic heterocycles. The fourth-order valence-electron chi connectivity index (χ4n) is 4.21. The van der Waals surface area contributed by atoms with Gasteiger partial charge in [-0.25, -0.2) is 4.79 Å². The van der Waals surface area contributed by atoms with E-state index in [0.717, 1.165) is 49.0 Å². The molecule has 2 aromatic rings. The van der Waals surface area contributed by atoms with Crippen LogP contribution in [0, 0.1) is 30.9 Å². The molecule has 0 aliphatic carbocycles. The summed E-state index contributed by atoms with van der Waals surface area (Å²) in [7, 11) is 0. The van der Waals surface area contributed by atoms with Gasteiger partial charge < -0.3 is 20.3 Å². The van der Waals surface area contributed by atoms with Crippen molar-refractivity contribution in [3.8, 4) is 0 Å². The molecule has 1 heterocycles. The average Bonchev–Trinajstić information content (AvgIpc) is 2.83. The number of piperidine rings is 1. The van der Waals surface area contributed by atoms with Gasteiger partial charge in [-0.05, 0) is 57.2 Å². The highest BCUT2D eigenvalue weighted by Crippen LogP contribution is 2.28. The minimum absolute atomic E-state index is 0.0389. The summed E-state index contributed by atoms with van der Waals surface area (Å²) in [5.74, 6) is -1.90. The van der Waals surface area contributed by atoms with E-state index in [0.29, 0.717) is 11.4 Å². The lowest BCUT2D eigenvalue weighted by Crippen LogP contribution is -2.36. The van der Waals surface area contributed by atoms with Gasteiger partial charge in [-0.2, -0.15) is 0 Å². The molecule has 2 amide bonds. The molecule has 186 valence electrons. The minimum Gasteiger partial charge on any atom is -0.452 e. The van der Waals surface area contributed by atoms with Crippen molar-refractivity contribution in [1.82, 2.24) is 5.32 Å². The Morgan fingerprint density at radius 3 is 2.29 bits per heavy atom. The molecule has 1 saturated heterocycles. The Morgan fingerprint density at radius 1 is 1.00 bits per heavy atom. The number of non-ortho nitro benzene ring substituents is 1. The van der Waals surface area contributed by atoms with Crippen LogP contribution in [0.2, 0.25) is 0 Å². The average molecular weight is 483 g/mol. The number of nitrogens with zero attached hydrogens (tertiary/aromatic N) is 2. The quantitative estimate of drug-likeness (QED) is 0.335. The largest absolute Gasteiger partial charge is 0.452 e. The number of nitro groups is 1. The van der Waals surface area contributed by atoms with Crippen LogP contribution in [0.15, 0.2) is 30.3 Å². The van der Waals surface area contributed by atoms with Crippen molar-refractivity contribution in [2.45, 2.75) is 40.0 Å². The number of aryl methyl sites for hydroxylation is 3. The molecular weight excluding hydrogens is 452 g/mol. The highest BCUT2D eigenvalue weighted by atomic mass is 16.6. The molecule has 1 fully saturated rings. The van der Waals surface area contributed by atoms with E-state index < -0.39 is 29.3 Å². The third-order valence-electron chi connectivity index (χ3n) is 5.83. The number of benzene rings is 2. The fourth-order valence-corrected chi connectivity index (χ4v) is 4.21. The van der Waals surface area contributed by atoms with Crippen molar-refractivity contribution in [1.29, 1.82) is 0 Å². The number of nitro benzene ring substituents is 1. The second kappa shape index (κ2) is 11.5. The fraction of sp³-hybridized carbons (Fsp3) is 0.400. The van der Waals surface area contributed by atoms with E-state index in [1.54, 1.807) is 6.07 Å². The molecule has 0 unspecified atom stereocenters. The van der Waals surface area contributed by atoms with Crippen molar-refractivity contribution in [2.75, 3.05) is 36.5 Å². The third-order valence-corrected chi connectivity index (χ3v) is 5.83. The van der Waals surface area contributed by atoms with Gasteiger partial charge in [-0.1, -0.05) is 17.7 Å². The summed E-state index contributed by atoms with van der Waals surface area (Å²) in [6.07, 6.45) is 3.00. The number of anilines is 2. The molecule has 0 saturated carbocycles. The van der Waals surface area contributed by atoms with Crippen LogP contribution in [-0.4, -0.2) is 48.9 Å². The Labute approximate surface area is 203 Å². The molecule has 0 radical (unpaired) electrons. The van der Waals surface area contributed by atoms with Crippen LogP contribution in [0.4, 0.5) is 17.1 Å². The summed E-state index contributed by atoms with van der Waals surface area (Å²) < 4.78 is 5.13. The molecule has 0 bridgehead atoms. The van der Waals surface area contributed by atoms with Crippen molar-refractivity contribution in [2.24, 2.45) is 0 Å². The van der Waals surface area contributed by atoms with Crippen LogP contribution >= 0.6 is 0 Å². The van der Waals surface area contributed by atoms with Gasteiger partial charge in [0.25, 0.3) is 11.6 Å². The first-order valence-corrected chi connectivity index (χ1v) is 11.5. The number of hydrogen-bond acceptors (Lipinski definition) is 7. The lowest BCUT2D eigenvalue weighted by molar-refractivity contribution is -0.384. The Morgan fingerprint density at radius 2 is 1.66 bits per heavy atom. The normalized spacial score (nSPS) is 13.2. The molecule has 0 spiro atoms. The maximum atomic E-state index is 12.7. The van der Waals surface area contributed by atoms with Crippen molar-refractivity contribution in [3.05, 3.63) is 62.7 Å². The van der Waals surface area contributed by atoms with E-state index in [1.165, 1.54) is 12.1 Å². The molecule has 10 heteroatoms.